The fourth-order valence-electron chi connectivity index (χ4n) is 10.4. The van der Waals surface area contributed by atoms with Crippen LogP contribution in [0.5, 0.6) is 28.7 Å². The molecule has 5 aliphatic rings. The molecule has 3 heterocycles. The predicted molar refractivity (Wildman–Crippen MR) is 259 cm³/mol. The maximum atomic E-state index is 7.23. The fourth-order valence-corrected chi connectivity index (χ4v) is 10.4. The maximum Gasteiger partial charge on any atom is 0.260 e. The van der Waals surface area contributed by atoms with Gasteiger partial charge in [-0.3, -0.25) is 0 Å². The molecule has 0 saturated heterocycles. The van der Waals surface area contributed by atoms with E-state index >= 15 is 0 Å². The van der Waals surface area contributed by atoms with E-state index < -0.39 is 0 Å². The van der Waals surface area contributed by atoms with Crippen molar-refractivity contribution in [1.29, 1.82) is 0 Å². The molecule has 0 spiro atoms. The van der Waals surface area contributed by atoms with Gasteiger partial charge in [-0.2, -0.15) is 0 Å². The molecule has 5 heteroatoms. The monoisotopic (exact) mass is 815 g/mol. The van der Waals surface area contributed by atoms with Crippen LogP contribution in [0.2, 0.25) is 0 Å². The Morgan fingerprint density at radius 2 is 1.29 bits per heavy atom. The predicted octanol–water partition coefficient (Wildman–Crippen LogP) is 13.2. The van der Waals surface area contributed by atoms with Crippen LogP contribution in [0, 0.1) is 5.41 Å². The summed E-state index contributed by atoms with van der Waals surface area (Å²) in [6.45, 7) is 6.76. The topological polar surface area (TPSA) is 30.9 Å². The second-order valence-electron chi connectivity index (χ2n) is 18.3. The largest absolute Gasteiger partial charge is 0.483 e. The van der Waals surface area contributed by atoms with E-state index in [0.29, 0.717) is 5.92 Å². The van der Waals surface area contributed by atoms with E-state index in [0.717, 1.165) is 90.9 Å². The van der Waals surface area contributed by atoms with Gasteiger partial charge in [0, 0.05) is 40.6 Å². The van der Waals surface area contributed by atoms with Gasteiger partial charge in [0.1, 0.15) is 34.9 Å². The first-order valence-corrected chi connectivity index (χ1v) is 22.2. The van der Waals surface area contributed by atoms with Gasteiger partial charge in [-0.15, -0.1) is 0 Å². The number of allylic oxidation sites excluding steroid dienone is 6. The Hall–Kier alpha value is -7.24. The second-order valence-corrected chi connectivity index (χ2v) is 18.3. The van der Waals surface area contributed by atoms with Gasteiger partial charge in [-0.05, 0) is 74.9 Å². The first-order valence-electron chi connectivity index (χ1n) is 22.2. The van der Waals surface area contributed by atoms with E-state index in [1.807, 2.05) is 0 Å². The molecule has 63 heavy (non-hydrogen) atoms. The lowest BCUT2D eigenvalue weighted by molar-refractivity contribution is 0.224. The van der Waals surface area contributed by atoms with E-state index in [9.17, 15) is 0 Å². The molecular formula is C58H46BNO3. The van der Waals surface area contributed by atoms with Crippen molar-refractivity contribution in [2.24, 2.45) is 5.41 Å². The van der Waals surface area contributed by atoms with Crippen LogP contribution < -0.4 is 35.5 Å². The highest BCUT2D eigenvalue weighted by atomic mass is 16.5. The molecule has 0 fully saturated rings. The highest BCUT2D eigenvalue weighted by Crippen LogP contribution is 2.55. The molecule has 0 radical (unpaired) electrons. The van der Waals surface area contributed by atoms with Crippen molar-refractivity contribution >= 4 is 40.2 Å². The van der Waals surface area contributed by atoms with Gasteiger partial charge in [0.15, 0.2) is 0 Å². The van der Waals surface area contributed by atoms with E-state index in [1.54, 1.807) is 0 Å². The third-order valence-corrected chi connectivity index (χ3v) is 13.5. The van der Waals surface area contributed by atoms with Crippen LogP contribution in [-0.2, 0) is 0 Å². The van der Waals surface area contributed by atoms with Crippen LogP contribution in [0.25, 0.3) is 22.3 Å². The fraction of sp³-hybridized carbons (Fsp3) is 0.138. The van der Waals surface area contributed by atoms with Gasteiger partial charge < -0.3 is 19.1 Å². The third kappa shape index (κ3) is 6.28. The molecule has 7 aromatic carbocycles. The molecule has 3 unspecified atom stereocenters. The number of hydrogen-bond acceptors (Lipinski definition) is 4. The molecule has 2 aliphatic carbocycles. The van der Waals surface area contributed by atoms with Crippen molar-refractivity contribution in [3.8, 4) is 51.0 Å². The number of nitrogens with zero attached hydrogens (tertiary/aromatic N) is 1. The normalized spacial score (nSPS) is 18.4. The Morgan fingerprint density at radius 1 is 0.587 bits per heavy atom. The third-order valence-electron chi connectivity index (χ3n) is 13.5. The number of hydrogen-bond donors (Lipinski definition) is 0. The SMILES string of the molecule is CC(C)(C)C1=CC=CC2c3cccc(N(c4cc5c6c(c4)Oc4cc(C7C=CC=CC7)ccc4B6c4ccc(-c6ccccc6)cc4O5)c4ccccc4-c4ccccc4)c3OC12. The number of anilines is 3. The lowest BCUT2D eigenvalue weighted by Crippen LogP contribution is -2.57. The quantitative estimate of drug-likeness (QED) is 0.156. The van der Waals surface area contributed by atoms with E-state index in [4.69, 9.17) is 14.2 Å². The Morgan fingerprint density at radius 3 is 2.03 bits per heavy atom. The molecule has 4 nitrogen and oxygen atoms in total. The minimum absolute atomic E-state index is 0.0569. The molecule has 3 aliphatic heterocycles. The van der Waals surface area contributed by atoms with Crippen LogP contribution in [0.4, 0.5) is 17.1 Å². The summed E-state index contributed by atoms with van der Waals surface area (Å²) in [5.74, 6) is 4.61. The van der Waals surface area contributed by atoms with Gasteiger partial charge in [0.25, 0.3) is 6.71 Å². The van der Waals surface area contributed by atoms with Crippen LogP contribution in [0.1, 0.15) is 50.2 Å². The van der Waals surface area contributed by atoms with Gasteiger partial charge in [-0.1, -0.05) is 179 Å². The first kappa shape index (κ1) is 37.5. The van der Waals surface area contributed by atoms with Crippen molar-refractivity contribution in [3.63, 3.8) is 0 Å². The minimum Gasteiger partial charge on any atom is -0.483 e. The lowest BCUT2D eigenvalue weighted by atomic mass is 9.34. The summed E-state index contributed by atoms with van der Waals surface area (Å²) in [7, 11) is 0. The van der Waals surface area contributed by atoms with Crippen molar-refractivity contribution in [2.75, 3.05) is 4.90 Å². The number of para-hydroxylation sites is 2. The zero-order chi connectivity index (χ0) is 42.2. The summed E-state index contributed by atoms with van der Waals surface area (Å²) < 4.78 is 21.5. The molecule has 7 aromatic rings. The highest BCUT2D eigenvalue weighted by molar-refractivity contribution is 6.98. The standard InChI is InChI=1S/C58H46BNO3/c1-58(2,3)46-26-15-24-44-45-25-16-28-50(57(45)63-56(44)46)60(49-27-14-13-23-43(49)39-21-11-6-12-22-39)42-35-53-55-54(36-42)62-52-34-41(38-19-9-5-10-20-38)30-32-48(52)59(55)47-31-29-40(33-51(47)61-53)37-17-7-4-8-18-37/h4-19,21-36,38,44,56H,20H2,1-3H3. The molecule has 0 aromatic heterocycles. The molecular weight excluding hydrogens is 769 g/mol. The van der Waals surface area contributed by atoms with E-state index in [-0.39, 0.29) is 24.1 Å². The second kappa shape index (κ2) is 14.7. The molecule has 12 rings (SSSR count). The molecule has 304 valence electrons. The van der Waals surface area contributed by atoms with Gasteiger partial charge in [0.05, 0.1) is 17.1 Å². The van der Waals surface area contributed by atoms with Crippen molar-refractivity contribution < 1.29 is 14.2 Å². The summed E-state index contributed by atoms with van der Waals surface area (Å²) >= 11 is 0. The van der Waals surface area contributed by atoms with Gasteiger partial charge >= 0.3 is 0 Å². The molecule has 0 N–H and O–H groups in total. The van der Waals surface area contributed by atoms with Gasteiger partial charge in [0.2, 0.25) is 0 Å². The summed E-state index contributed by atoms with van der Waals surface area (Å²) in [5.41, 5.74) is 14.4. The smallest absolute Gasteiger partial charge is 0.260 e. The van der Waals surface area contributed by atoms with Crippen LogP contribution in [-0.4, -0.2) is 12.8 Å². The molecule has 3 atom stereocenters. The molecule has 0 saturated carbocycles. The lowest BCUT2D eigenvalue weighted by Gasteiger charge is -2.36. The Labute approximate surface area is 370 Å². The number of rotatable bonds is 6. The average molecular weight is 816 g/mol. The summed E-state index contributed by atoms with van der Waals surface area (Å²) in [6.07, 6.45) is 16.4. The first-order chi connectivity index (χ1) is 30.9. The summed E-state index contributed by atoms with van der Waals surface area (Å²) in [4.78, 5) is 2.36. The number of ether oxygens (including phenoxy) is 3. The Balaban J connectivity index is 1.08. The van der Waals surface area contributed by atoms with E-state index in [2.05, 4.69) is 220 Å². The number of fused-ring (bicyclic) bond motifs is 7. The zero-order valence-corrected chi connectivity index (χ0v) is 35.7. The molecule has 0 amide bonds. The zero-order valence-electron chi connectivity index (χ0n) is 35.7. The Bertz CT molecular complexity index is 3080. The van der Waals surface area contributed by atoms with Crippen molar-refractivity contribution in [1.82, 2.24) is 0 Å². The van der Waals surface area contributed by atoms with Gasteiger partial charge in [-0.25, -0.2) is 0 Å². The maximum absolute atomic E-state index is 7.23. The average Bonchev–Trinajstić information content (AvgIpc) is 3.71. The van der Waals surface area contributed by atoms with Crippen molar-refractivity contribution in [2.45, 2.75) is 45.1 Å². The van der Waals surface area contributed by atoms with E-state index in [1.165, 1.54) is 16.7 Å². The van der Waals surface area contributed by atoms with Crippen LogP contribution >= 0.6 is 0 Å². The van der Waals surface area contributed by atoms with Crippen LogP contribution in [0.15, 0.2) is 200 Å². The Kier molecular flexibility index (Phi) is 8.76. The highest BCUT2D eigenvalue weighted by Gasteiger charge is 2.44. The summed E-state index contributed by atoms with van der Waals surface area (Å²) in [6, 6.07) is 54.5. The van der Waals surface area contributed by atoms with Crippen molar-refractivity contribution in [3.05, 3.63) is 211 Å². The molecule has 0 bridgehead atoms. The van der Waals surface area contributed by atoms with Crippen LogP contribution in [0.3, 0.4) is 0 Å². The minimum atomic E-state index is -0.0926. The number of benzene rings is 7. The summed E-state index contributed by atoms with van der Waals surface area (Å²) in [5, 5.41) is 0.